The van der Waals surface area contributed by atoms with Gasteiger partial charge in [-0.25, -0.2) is 8.78 Å². The quantitative estimate of drug-likeness (QED) is 0.841. The Kier molecular flexibility index (Phi) is 4.56. The van der Waals surface area contributed by atoms with E-state index in [0.29, 0.717) is 12.3 Å². The van der Waals surface area contributed by atoms with Gasteiger partial charge < -0.3 is 10.1 Å². The fraction of sp³-hybridized carbons (Fsp3) is 0.125. The van der Waals surface area contributed by atoms with Crippen molar-refractivity contribution in [3.05, 3.63) is 59.7 Å². The minimum Gasteiger partial charge on any atom is -0.481 e. The number of rotatable bonds is 5. The molecule has 0 fully saturated rings. The summed E-state index contributed by atoms with van der Waals surface area (Å²) >= 11 is 0. The van der Waals surface area contributed by atoms with Gasteiger partial charge in [0.1, 0.15) is 24.0 Å². The van der Waals surface area contributed by atoms with Crippen molar-refractivity contribution in [2.24, 2.45) is 0 Å². The van der Waals surface area contributed by atoms with E-state index < -0.39 is 11.6 Å². The minimum atomic E-state index is -0.632. The maximum Gasteiger partial charge on any atom is 0.149 e. The fourth-order valence-corrected chi connectivity index (χ4v) is 1.73. The Hall–Kier alpha value is -2.54. The third kappa shape index (κ3) is 3.48. The Labute approximate surface area is 116 Å². The van der Waals surface area contributed by atoms with E-state index in [-0.39, 0.29) is 12.3 Å². The Balaban J connectivity index is 2.09. The van der Waals surface area contributed by atoms with Gasteiger partial charge in [0, 0.05) is 18.2 Å². The van der Waals surface area contributed by atoms with Crippen LogP contribution in [0.4, 0.5) is 14.5 Å². The second-order valence-corrected chi connectivity index (χ2v) is 4.08. The van der Waals surface area contributed by atoms with E-state index in [2.05, 4.69) is 11.2 Å². The average Bonchev–Trinajstić information content (AvgIpc) is 2.45. The van der Waals surface area contributed by atoms with Crippen LogP contribution in [-0.2, 0) is 6.54 Å². The van der Waals surface area contributed by atoms with E-state index in [4.69, 9.17) is 11.2 Å². The SMILES string of the molecule is C#CCOc1ccccc1CNc1ccc(F)cc1F. The highest BCUT2D eigenvalue weighted by molar-refractivity contribution is 5.46. The van der Waals surface area contributed by atoms with Crippen LogP contribution in [-0.4, -0.2) is 6.61 Å². The molecule has 1 N–H and O–H groups in total. The van der Waals surface area contributed by atoms with Crippen LogP contribution in [0.5, 0.6) is 5.75 Å². The van der Waals surface area contributed by atoms with Crippen molar-refractivity contribution in [2.45, 2.75) is 6.54 Å². The molecule has 4 heteroatoms. The van der Waals surface area contributed by atoms with Crippen LogP contribution in [0, 0.1) is 24.0 Å². The molecule has 0 aliphatic heterocycles. The first-order valence-corrected chi connectivity index (χ1v) is 6.04. The molecule has 0 aliphatic rings. The Bertz CT molecular complexity index is 635. The zero-order valence-corrected chi connectivity index (χ0v) is 10.7. The third-order valence-electron chi connectivity index (χ3n) is 2.68. The average molecular weight is 273 g/mol. The van der Waals surface area contributed by atoms with E-state index in [1.165, 1.54) is 12.1 Å². The summed E-state index contributed by atoms with van der Waals surface area (Å²) in [6.45, 7) is 0.519. The van der Waals surface area contributed by atoms with Gasteiger partial charge in [-0.1, -0.05) is 24.1 Å². The van der Waals surface area contributed by atoms with E-state index in [1.807, 2.05) is 18.2 Å². The predicted molar refractivity (Wildman–Crippen MR) is 74.5 cm³/mol. The lowest BCUT2D eigenvalue weighted by molar-refractivity contribution is 0.366. The number of nitrogens with one attached hydrogen (secondary N) is 1. The zero-order valence-electron chi connectivity index (χ0n) is 10.7. The highest BCUT2D eigenvalue weighted by atomic mass is 19.1. The van der Waals surface area contributed by atoms with Crippen LogP contribution in [0.2, 0.25) is 0 Å². The molecule has 102 valence electrons. The van der Waals surface area contributed by atoms with Crippen molar-refractivity contribution in [3.8, 4) is 18.1 Å². The van der Waals surface area contributed by atoms with Crippen LogP contribution in [0.25, 0.3) is 0 Å². The predicted octanol–water partition coefficient (Wildman–Crippen LogP) is 3.59. The van der Waals surface area contributed by atoms with E-state index in [1.54, 1.807) is 6.07 Å². The number of hydrogen-bond donors (Lipinski definition) is 1. The molecule has 0 bridgehead atoms. The van der Waals surface area contributed by atoms with Gasteiger partial charge in [-0.2, -0.15) is 0 Å². The van der Waals surface area contributed by atoms with Crippen LogP contribution in [0.1, 0.15) is 5.56 Å². The fourth-order valence-electron chi connectivity index (χ4n) is 1.73. The summed E-state index contributed by atoms with van der Waals surface area (Å²) in [6.07, 6.45) is 5.15. The standard InChI is InChI=1S/C16H13F2NO/c1-2-9-20-16-6-4-3-5-12(16)11-19-15-8-7-13(17)10-14(15)18/h1,3-8,10,19H,9,11H2. The highest BCUT2D eigenvalue weighted by Gasteiger charge is 2.06. The molecule has 0 amide bonds. The molecule has 0 aliphatic carbocycles. The van der Waals surface area contributed by atoms with Gasteiger partial charge in [0.25, 0.3) is 0 Å². The number of halogens is 2. The molecule has 0 radical (unpaired) electrons. The largest absolute Gasteiger partial charge is 0.481 e. The lowest BCUT2D eigenvalue weighted by atomic mass is 10.2. The second kappa shape index (κ2) is 6.58. The smallest absolute Gasteiger partial charge is 0.149 e. The number of benzene rings is 2. The molecule has 2 aromatic rings. The van der Waals surface area contributed by atoms with Crippen molar-refractivity contribution < 1.29 is 13.5 Å². The number of para-hydroxylation sites is 1. The highest BCUT2D eigenvalue weighted by Crippen LogP contribution is 2.21. The number of ether oxygens (including phenoxy) is 1. The molecule has 20 heavy (non-hydrogen) atoms. The van der Waals surface area contributed by atoms with Crippen molar-refractivity contribution in [1.82, 2.24) is 0 Å². The molecule has 2 aromatic carbocycles. The van der Waals surface area contributed by atoms with Gasteiger partial charge in [0.2, 0.25) is 0 Å². The third-order valence-corrected chi connectivity index (χ3v) is 2.68. The summed E-state index contributed by atoms with van der Waals surface area (Å²) in [4.78, 5) is 0. The summed E-state index contributed by atoms with van der Waals surface area (Å²) in [5.74, 6) is 1.79. The maximum atomic E-state index is 13.5. The molecule has 0 heterocycles. The monoisotopic (exact) mass is 273 g/mol. The number of hydrogen-bond acceptors (Lipinski definition) is 2. The molecule has 0 atom stereocenters. The molecule has 0 saturated heterocycles. The molecule has 0 unspecified atom stereocenters. The summed E-state index contributed by atoms with van der Waals surface area (Å²) in [7, 11) is 0. The van der Waals surface area contributed by atoms with Gasteiger partial charge in [-0.3, -0.25) is 0 Å². The van der Waals surface area contributed by atoms with Crippen LogP contribution >= 0.6 is 0 Å². The van der Waals surface area contributed by atoms with E-state index >= 15 is 0 Å². The zero-order chi connectivity index (χ0) is 14.4. The van der Waals surface area contributed by atoms with Gasteiger partial charge >= 0.3 is 0 Å². The van der Waals surface area contributed by atoms with Gasteiger partial charge in [0.15, 0.2) is 0 Å². The first-order valence-electron chi connectivity index (χ1n) is 6.04. The summed E-state index contributed by atoms with van der Waals surface area (Å²) in [6, 6.07) is 10.7. The van der Waals surface area contributed by atoms with Gasteiger partial charge in [0.05, 0.1) is 5.69 Å². The first kappa shape index (κ1) is 13.9. The Morgan fingerprint density at radius 3 is 2.70 bits per heavy atom. The topological polar surface area (TPSA) is 21.3 Å². The number of terminal acetylenes is 1. The summed E-state index contributed by atoms with van der Waals surface area (Å²) in [5, 5.41) is 2.90. The van der Waals surface area contributed by atoms with Crippen LogP contribution in [0.3, 0.4) is 0 Å². The molecule has 2 nitrogen and oxygen atoms in total. The summed E-state index contributed by atoms with van der Waals surface area (Å²) < 4.78 is 31.7. The van der Waals surface area contributed by atoms with Crippen LogP contribution < -0.4 is 10.1 Å². The molecule has 0 saturated carbocycles. The van der Waals surface area contributed by atoms with Crippen molar-refractivity contribution >= 4 is 5.69 Å². The van der Waals surface area contributed by atoms with Crippen molar-refractivity contribution in [3.63, 3.8) is 0 Å². The van der Waals surface area contributed by atoms with Gasteiger partial charge in [-0.15, -0.1) is 6.42 Å². The van der Waals surface area contributed by atoms with Gasteiger partial charge in [-0.05, 0) is 18.2 Å². The molecular weight excluding hydrogens is 260 g/mol. The van der Waals surface area contributed by atoms with Crippen molar-refractivity contribution in [2.75, 3.05) is 11.9 Å². The summed E-state index contributed by atoms with van der Waals surface area (Å²) in [5.41, 5.74) is 1.07. The van der Waals surface area contributed by atoms with E-state index in [0.717, 1.165) is 11.6 Å². The normalized spacial score (nSPS) is 9.85. The lowest BCUT2D eigenvalue weighted by Gasteiger charge is -2.12. The maximum absolute atomic E-state index is 13.5. The molecule has 2 rings (SSSR count). The number of anilines is 1. The second-order valence-electron chi connectivity index (χ2n) is 4.08. The minimum absolute atomic E-state index is 0.169. The molecular formula is C16H13F2NO. The molecule has 0 aromatic heterocycles. The Morgan fingerprint density at radius 1 is 1.15 bits per heavy atom. The Morgan fingerprint density at radius 2 is 1.95 bits per heavy atom. The lowest BCUT2D eigenvalue weighted by Crippen LogP contribution is -2.05. The first-order chi connectivity index (χ1) is 9.70. The van der Waals surface area contributed by atoms with Crippen LogP contribution in [0.15, 0.2) is 42.5 Å². The van der Waals surface area contributed by atoms with E-state index in [9.17, 15) is 8.78 Å². The van der Waals surface area contributed by atoms with Crippen molar-refractivity contribution in [1.29, 1.82) is 0 Å². The molecule has 0 spiro atoms.